The van der Waals surface area contributed by atoms with E-state index in [9.17, 15) is 9.90 Å². The van der Waals surface area contributed by atoms with E-state index in [1.165, 1.54) is 14.0 Å². The summed E-state index contributed by atoms with van der Waals surface area (Å²) in [5, 5.41) is 25.8. The number of hydrogen-bond acceptors (Lipinski definition) is 4. The number of aliphatic hydroxyl groups excluding tert-OH is 2. The van der Waals surface area contributed by atoms with Crippen LogP contribution >= 0.6 is 0 Å². The van der Waals surface area contributed by atoms with Gasteiger partial charge in [0.05, 0.1) is 13.7 Å². The SMILES string of the molecule is C=C(C)C(=O)O.COC1=C(O)C=CC(/C=C/CO)C1. The monoisotopic (exact) mass is 268 g/mol. The molecule has 0 radical (unpaired) electrons. The maximum atomic E-state index is 9.60. The van der Waals surface area contributed by atoms with Gasteiger partial charge in [-0.05, 0) is 13.0 Å². The summed E-state index contributed by atoms with van der Waals surface area (Å²) in [7, 11) is 1.54. The molecule has 0 fully saturated rings. The van der Waals surface area contributed by atoms with Gasteiger partial charge in [-0.25, -0.2) is 4.79 Å². The van der Waals surface area contributed by atoms with Crippen LogP contribution in [0, 0.1) is 5.92 Å². The topological polar surface area (TPSA) is 87.0 Å². The predicted octanol–water partition coefficient (Wildman–Crippen LogP) is 2.17. The van der Waals surface area contributed by atoms with E-state index < -0.39 is 5.97 Å². The van der Waals surface area contributed by atoms with E-state index in [-0.39, 0.29) is 23.9 Å². The Morgan fingerprint density at radius 3 is 2.63 bits per heavy atom. The second-order valence-electron chi connectivity index (χ2n) is 3.94. The van der Waals surface area contributed by atoms with E-state index in [2.05, 4.69) is 6.58 Å². The zero-order valence-corrected chi connectivity index (χ0v) is 11.2. The molecule has 0 aliphatic heterocycles. The normalized spacial score (nSPS) is 17.9. The molecule has 0 saturated carbocycles. The molecule has 0 aromatic heterocycles. The molecule has 5 nitrogen and oxygen atoms in total. The Hall–Kier alpha value is -2.01. The van der Waals surface area contributed by atoms with Crippen molar-refractivity contribution < 1.29 is 24.9 Å². The second-order valence-corrected chi connectivity index (χ2v) is 3.94. The van der Waals surface area contributed by atoms with Crippen molar-refractivity contribution in [1.29, 1.82) is 0 Å². The van der Waals surface area contributed by atoms with Crippen LogP contribution in [-0.4, -0.2) is 35.0 Å². The fraction of sp³-hybridized carbons (Fsp3) is 0.357. The average molecular weight is 268 g/mol. The van der Waals surface area contributed by atoms with Crippen molar-refractivity contribution in [2.45, 2.75) is 13.3 Å². The number of allylic oxidation sites excluding steroid dienone is 4. The predicted molar refractivity (Wildman–Crippen MR) is 72.6 cm³/mol. The molecule has 0 aromatic carbocycles. The molecule has 0 aromatic rings. The Morgan fingerprint density at radius 2 is 2.21 bits per heavy atom. The lowest BCUT2D eigenvalue weighted by molar-refractivity contribution is -0.132. The minimum Gasteiger partial charge on any atom is -0.504 e. The highest BCUT2D eigenvalue weighted by atomic mass is 16.5. The summed E-state index contributed by atoms with van der Waals surface area (Å²) in [4.78, 5) is 9.60. The van der Waals surface area contributed by atoms with Gasteiger partial charge in [-0.15, -0.1) is 0 Å². The molecule has 5 heteroatoms. The number of carboxylic acids is 1. The van der Waals surface area contributed by atoms with Crippen LogP contribution in [0.2, 0.25) is 0 Å². The molecule has 0 heterocycles. The van der Waals surface area contributed by atoms with Gasteiger partial charge in [-0.1, -0.05) is 24.8 Å². The van der Waals surface area contributed by atoms with Crippen molar-refractivity contribution in [2.24, 2.45) is 5.92 Å². The van der Waals surface area contributed by atoms with Crippen molar-refractivity contribution in [2.75, 3.05) is 13.7 Å². The van der Waals surface area contributed by atoms with Gasteiger partial charge in [0.15, 0.2) is 5.76 Å². The molecular weight excluding hydrogens is 248 g/mol. The lowest BCUT2D eigenvalue weighted by Gasteiger charge is -2.15. The number of carbonyl (C=O) groups is 1. The summed E-state index contributed by atoms with van der Waals surface area (Å²) >= 11 is 0. The highest BCUT2D eigenvalue weighted by molar-refractivity contribution is 5.84. The Labute approximate surface area is 112 Å². The number of ether oxygens (including phenoxy) is 1. The molecule has 3 N–H and O–H groups in total. The summed E-state index contributed by atoms with van der Waals surface area (Å²) in [6.07, 6.45) is 7.72. The van der Waals surface area contributed by atoms with Crippen molar-refractivity contribution in [3.63, 3.8) is 0 Å². The zero-order valence-electron chi connectivity index (χ0n) is 11.2. The zero-order chi connectivity index (χ0) is 14.8. The van der Waals surface area contributed by atoms with Crippen LogP contribution in [0.15, 0.2) is 48.0 Å². The molecule has 1 aliphatic carbocycles. The largest absolute Gasteiger partial charge is 0.504 e. The number of methoxy groups -OCH3 is 1. The summed E-state index contributed by atoms with van der Waals surface area (Å²) < 4.78 is 5.00. The Morgan fingerprint density at radius 1 is 1.63 bits per heavy atom. The Balaban J connectivity index is 0.000000459. The maximum absolute atomic E-state index is 9.60. The van der Waals surface area contributed by atoms with Crippen LogP contribution < -0.4 is 0 Å². The third kappa shape index (κ3) is 7.10. The minimum absolute atomic E-state index is 0.0440. The summed E-state index contributed by atoms with van der Waals surface area (Å²) in [5.41, 5.74) is 0.176. The molecular formula is C14H20O5. The van der Waals surface area contributed by atoms with E-state index in [1.54, 1.807) is 12.2 Å². The molecule has 0 saturated heterocycles. The molecule has 1 rings (SSSR count). The highest BCUT2D eigenvalue weighted by Crippen LogP contribution is 2.23. The number of hydrogen-bond donors (Lipinski definition) is 3. The van der Waals surface area contributed by atoms with Crippen LogP contribution in [0.3, 0.4) is 0 Å². The van der Waals surface area contributed by atoms with E-state index in [1.807, 2.05) is 12.2 Å². The first kappa shape index (κ1) is 17.0. The van der Waals surface area contributed by atoms with Gasteiger partial charge in [-0.3, -0.25) is 0 Å². The standard InChI is InChI=1S/C10H14O3.C4H6O2/c1-13-10-7-8(3-2-6-11)4-5-9(10)12;1-3(2)4(5)6/h2-5,8,11-12H,6-7H2,1H3;1H2,2H3,(H,5,6)/b3-2+;. The number of rotatable bonds is 4. The summed E-state index contributed by atoms with van der Waals surface area (Å²) in [6, 6.07) is 0. The Bertz CT molecular complexity index is 392. The van der Waals surface area contributed by atoms with E-state index in [4.69, 9.17) is 14.9 Å². The van der Waals surface area contributed by atoms with Gasteiger partial charge in [-0.2, -0.15) is 0 Å². The quantitative estimate of drug-likeness (QED) is 0.537. The number of aliphatic hydroxyl groups is 2. The van der Waals surface area contributed by atoms with Gasteiger partial charge in [0.2, 0.25) is 0 Å². The lowest BCUT2D eigenvalue weighted by atomic mass is 9.98. The van der Waals surface area contributed by atoms with Crippen LogP contribution in [0.1, 0.15) is 13.3 Å². The van der Waals surface area contributed by atoms with Gasteiger partial charge >= 0.3 is 5.97 Å². The van der Waals surface area contributed by atoms with Crippen molar-refractivity contribution in [3.8, 4) is 0 Å². The fourth-order valence-electron chi connectivity index (χ4n) is 1.25. The molecule has 0 amide bonds. The molecule has 19 heavy (non-hydrogen) atoms. The highest BCUT2D eigenvalue weighted by Gasteiger charge is 2.13. The third-order valence-electron chi connectivity index (χ3n) is 2.31. The van der Waals surface area contributed by atoms with E-state index in [0.29, 0.717) is 12.2 Å². The van der Waals surface area contributed by atoms with Crippen LogP contribution in [0.5, 0.6) is 0 Å². The first-order chi connectivity index (χ1) is 8.92. The molecule has 106 valence electrons. The lowest BCUT2D eigenvalue weighted by Crippen LogP contribution is -2.04. The fourth-order valence-corrected chi connectivity index (χ4v) is 1.25. The second kappa shape index (κ2) is 8.99. The van der Waals surface area contributed by atoms with E-state index in [0.717, 1.165) is 0 Å². The van der Waals surface area contributed by atoms with Gasteiger partial charge in [0.1, 0.15) is 5.76 Å². The van der Waals surface area contributed by atoms with Crippen molar-refractivity contribution >= 4 is 5.97 Å². The van der Waals surface area contributed by atoms with Crippen LogP contribution in [0.25, 0.3) is 0 Å². The molecule has 1 aliphatic rings. The van der Waals surface area contributed by atoms with Crippen LogP contribution in [0.4, 0.5) is 0 Å². The van der Waals surface area contributed by atoms with Crippen molar-refractivity contribution in [1.82, 2.24) is 0 Å². The van der Waals surface area contributed by atoms with Crippen molar-refractivity contribution in [3.05, 3.63) is 48.0 Å². The molecule has 1 unspecified atom stereocenters. The Kier molecular flexibility index (Phi) is 8.04. The van der Waals surface area contributed by atoms with E-state index >= 15 is 0 Å². The molecule has 0 spiro atoms. The summed E-state index contributed by atoms with van der Waals surface area (Å²) in [5.74, 6) is 0.0549. The number of carboxylic acid groups (broad SMARTS) is 1. The average Bonchev–Trinajstić information content (AvgIpc) is 2.38. The first-order valence-electron chi connectivity index (χ1n) is 5.73. The molecule has 1 atom stereocenters. The minimum atomic E-state index is -0.935. The van der Waals surface area contributed by atoms with Gasteiger partial charge in [0, 0.05) is 17.9 Å². The first-order valence-corrected chi connectivity index (χ1v) is 5.73. The third-order valence-corrected chi connectivity index (χ3v) is 2.31. The van der Waals surface area contributed by atoms with Gasteiger partial charge in [0.25, 0.3) is 0 Å². The van der Waals surface area contributed by atoms with Crippen LogP contribution in [-0.2, 0) is 9.53 Å². The smallest absolute Gasteiger partial charge is 0.330 e. The molecule has 0 bridgehead atoms. The van der Waals surface area contributed by atoms with Gasteiger partial charge < -0.3 is 20.1 Å². The summed E-state index contributed by atoms with van der Waals surface area (Å²) in [6.45, 7) is 4.65. The number of aliphatic carboxylic acids is 1. The maximum Gasteiger partial charge on any atom is 0.330 e.